The standard InChI is InChI=1S/C14H19BrN2/c1-10-5-7-17(8-6-10)12-3-4-13(11(2)16)14(15)9-12/h3-5,9,11H,6-8,16H2,1-2H3/t11-/m1/s1. The van der Waals surface area contributed by atoms with Gasteiger partial charge in [0.2, 0.25) is 0 Å². The largest absolute Gasteiger partial charge is 0.367 e. The maximum absolute atomic E-state index is 5.91. The molecule has 0 saturated heterocycles. The molecule has 92 valence electrons. The van der Waals surface area contributed by atoms with E-state index >= 15 is 0 Å². The molecule has 17 heavy (non-hydrogen) atoms. The molecule has 1 aromatic rings. The predicted molar refractivity (Wildman–Crippen MR) is 77.3 cm³/mol. The third-order valence-electron chi connectivity index (χ3n) is 3.28. The first kappa shape index (κ1) is 12.7. The minimum absolute atomic E-state index is 0.0712. The molecule has 0 saturated carbocycles. The zero-order valence-corrected chi connectivity index (χ0v) is 12.0. The smallest absolute Gasteiger partial charge is 0.0380 e. The van der Waals surface area contributed by atoms with Crippen molar-refractivity contribution < 1.29 is 0 Å². The van der Waals surface area contributed by atoms with Crippen LogP contribution < -0.4 is 10.6 Å². The van der Waals surface area contributed by atoms with E-state index in [1.165, 1.54) is 11.3 Å². The number of hydrogen-bond acceptors (Lipinski definition) is 2. The van der Waals surface area contributed by atoms with E-state index in [-0.39, 0.29) is 6.04 Å². The molecule has 2 rings (SSSR count). The van der Waals surface area contributed by atoms with Crippen molar-refractivity contribution in [2.45, 2.75) is 26.3 Å². The molecule has 0 fully saturated rings. The molecule has 1 aliphatic heterocycles. The summed E-state index contributed by atoms with van der Waals surface area (Å²) in [7, 11) is 0. The molecule has 0 aromatic heterocycles. The zero-order chi connectivity index (χ0) is 12.4. The molecular weight excluding hydrogens is 276 g/mol. The van der Waals surface area contributed by atoms with Gasteiger partial charge in [-0.15, -0.1) is 0 Å². The molecular formula is C14H19BrN2. The van der Waals surface area contributed by atoms with Gasteiger partial charge in [-0.05, 0) is 38.0 Å². The summed E-state index contributed by atoms with van der Waals surface area (Å²) in [5.41, 5.74) is 9.83. The van der Waals surface area contributed by atoms with Crippen molar-refractivity contribution in [3.8, 4) is 0 Å². The van der Waals surface area contributed by atoms with Gasteiger partial charge in [0.1, 0.15) is 0 Å². The van der Waals surface area contributed by atoms with Crippen molar-refractivity contribution >= 4 is 21.6 Å². The topological polar surface area (TPSA) is 29.3 Å². The van der Waals surface area contributed by atoms with Crippen molar-refractivity contribution in [1.82, 2.24) is 0 Å². The number of rotatable bonds is 2. The first-order valence-corrected chi connectivity index (χ1v) is 6.83. The summed E-state index contributed by atoms with van der Waals surface area (Å²) < 4.78 is 1.11. The van der Waals surface area contributed by atoms with Crippen LogP contribution in [-0.4, -0.2) is 13.1 Å². The number of benzene rings is 1. The quantitative estimate of drug-likeness (QED) is 0.844. The van der Waals surface area contributed by atoms with E-state index in [2.05, 4.69) is 52.0 Å². The summed E-state index contributed by atoms with van der Waals surface area (Å²) in [4.78, 5) is 2.39. The van der Waals surface area contributed by atoms with Gasteiger partial charge in [-0.2, -0.15) is 0 Å². The van der Waals surface area contributed by atoms with Gasteiger partial charge >= 0.3 is 0 Å². The van der Waals surface area contributed by atoms with Crippen molar-refractivity contribution in [2.24, 2.45) is 5.73 Å². The fraction of sp³-hybridized carbons (Fsp3) is 0.429. The minimum Gasteiger partial charge on any atom is -0.367 e. The molecule has 0 bridgehead atoms. The van der Waals surface area contributed by atoms with E-state index in [4.69, 9.17) is 5.73 Å². The Balaban J connectivity index is 2.20. The predicted octanol–water partition coefficient (Wildman–Crippen LogP) is 3.63. The van der Waals surface area contributed by atoms with Gasteiger partial charge in [-0.3, -0.25) is 0 Å². The average molecular weight is 295 g/mol. The highest BCUT2D eigenvalue weighted by molar-refractivity contribution is 9.10. The van der Waals surface area contributed by atoms with Crippen molar-refractivity contribution in [3.63, 3.8) is 0 Å². The minimum atomic E-state index is 0.0712. The highest BCUT2D eigenvalue weighted by Crippen LogP contribution is 2.28. The summed E-state index contributed by atoms with van der Waals surface area (Å²) in [6.45, 7) is 6.32. The van der Waals surface area contributed by atoms with Gasteiger partial charge in [0, 0.05) is 29.3 Å². The van der Waals surface area contributed by atoms with Gasteiger partial charge in [-0.1, -0.05) is 33.6 Å². The third-order valence-corrected chi connectivity index (χ3v) is 3.96. The fourth-order valence-corrected chi connectivity index (χ4v) is 2.82. The molecule has 3 heteroatoms. The number of hydrogen-bond donors (Lipinski definition) is 1. The van der Waals surface area contributed by atoms with Crippen LogP contribution in [0, 0.1) is 0 Å². The molecule has 1 atom stereocenters. The summed E-state index contributed by atoms with van der Waals surface area (Å²) in [5, 5.41) is 0. The lowest BCUT2D eigenvalue weighted by molar-refractivity contribution is 0.783. The number of nitrogens with two attached hydrogens (primary N) is 1. The van der Waals surface area contributed by atoms with E-state index < -0.39 is 0 Å². The Hall–Kier alpha value is -0.800. The molecule has 2 nitrogen and oxygen atoms in total. The Bertz CT molecular complexity index is 438. The zero-order valence-electron chi connectivity index (χ0n) is 10.4. The lowest BCUT2D eigenvalue weighted by Gasteiger charge is -2.28. The Kier molecular flexibility index (Phi) is 3.89. The lowest BCUT2D eigenvalue weighted by Crippen LogP contribution is -2.28. The van der Waals surface area contributed by atoms with Gasteiger partial charge in [0.25, 0.3) is 0 Å². The molecule has 1 aliphatic rings. The maximum atomic E-state index is 5.91. The Labute approximate surface area is 112 Å². The molecule has 0 radical (unpaired) electrons. The van der Waals surface area contributed by atoms with E-state index in [0.717, 1.165) is 29.5 Å². The highest BCUT2D eigenvalue weighted by Gasteiger charge is 2.12. The van der Waals surface area contributed by atoms with Gasteiger partial charge in [0.05, 0.1) is 0 Å². The SMILES string of the molecule is CC1=CCN(c2ccc([C@@H](C)N)c(Br)c2)CC1. The Morgan fingerprint density at radius 1 is 1.41 bits per heavy atom. The fourth-order valence-electron chi connectivity index (χ4n) is 2.09. The summed E-state index contributed by atoms with van der Waals surface area (Å²) >= 11 is 3.60. The number of nitrogens with zero attached hydrogens (tertiary/aromatic N) is 1. The van der Waals surface area contributed by atoms with Gasteiger partial charge in [0.15, 0.2) is 0 Å². The van der Waals surface area contributed by atoms with E-state index in [0.29, 0.717) is 0 Å². The molecule has 2 N–H and O–H groups in total. The highest BCUT2D eigenvalue weighted by atomic mass is 79.9. The van der Waals surface area contributed by atoms with E-state index in [1.54, 1.807) is 0 Å². The number of anilines is 1. The van der Waals surface area contributed by atoms with Crippen LogP contribution >= 0.6 is 15.9 Å². The lowest BCUT2D eigenvalue weighted by atomic mass is 10.1. The van der Waals surface area contributed by atoms with Crippen LogP contribution in [-0.2, 0) is 0 Å². The van der Waals surface area contributed by atoms with Crippen LogP contribution in [0.15, 0.2) is 34.3 Å². The van der Waals surface area contributed by atoms with Crippen LogP contribution in [0.1, 0.15) is 31.9 Å². The van der Waals surface area contributed by atoms with Gasteiger partial charge < -0.3 is 10.6 Å². The summed E-state index contributed by atoms with van der Waals surface area (Å²) in [6.07, 6.45) is 3.46. The van der Waals surface area contributed by atoms with E-state index in [1.807, 2.05) is 6.92 Å². The second kappa shape index (κ2) is 5.23. The van der Waals surface area contributed by atoms with Crippen molar-refractivity contribution in [2.75, 3.05) is 18.0 Å². The maximum Gasteiger partial charge on any atom is 0.0380 e. The Morgan fingerprint density at radius 3 is 2.71 bits per heavy atom. The second-order valence-corrected chi connectivity index (χ2v) is 5.60. The number of halogens is 1. The Morgan fingerprint density at radius 2 is 2.18 bits per heavy atom. The monoisotopic (exact) mass is 294 g/mol. The van der Waals surface area contributed by atoms with Crippen LogP contribution in [0.4, 0.5) is 5.69 Å². The molecule has 1 heterocycles. The first-order valence-electron chi connectivity index (χ1n) is 6.03. The first-order chi connectivity index (χ1) is 8.08. The molecule has 0 spiro atoms. The molecule has 0 aliphatic carbocycles. The summed E-state index contributed by atoms with van der Waals surface area (Å²) in [5.74, 6) is 0. The van der Waals surface area contributed by atoms with Crippen LogP contribution in [0.3, 0.4) is 0 Å². The van der Waals surface area contributed by atoms with Crippen LogP contribution in [0.25, 0.3) is 0 Å². The summed E-state index contributed by atoms with van der Waals surface area (Å²) in [6, 6.07) is 6.53. The van der Waals surface area contributed by atoms with E-state index in [9.17, 15) is 0 Å². The average Bonchev–Trinajstić information content (AvgIpc) is 2.29. The van der Waals surface area contributed by atoms with Crippen molar-refractivity contribution in [1.29, 1.82) is 0 Å². The molecule has 1 aromatic carbocycles. The van der Waals surface area contributed by atoms with Crippen LogP contribution in [0.5, 0.6) is 0 Å². The normalized spacial score (nSPS) is 17.9. The van der Waals surface area contributed by atoms with Gasteiger partial charge in [-0.25, -0.2) is 0 Å². The molecule has 0 amide bonds. The van der Waals surface area contributed by atoms with Crippen molar-refractivity contribution in [3.05, 3.63) is 39.9 Å². The second-order valence-electron chi connectivity index (χ2n) is 4.74. The molecule has 0 unspecified atom stereocenters. The third kappa shape index (κ3) is 2.90. The van der Waals surface area contributed by atoms with Crippen LogP contribution in [0.2, 0.25) is 0 Å².